The normalized spacial score (nSPS) is 12.8. The highest BCUT2D eigenvalue weighted by Crippen LogP contribution is 2.13. The third-order valence-corrected chi connectivity index (χ3v) is 3.33. The van der Waals surface area contributed by atoms with Crippen molar-refractivity contribution in [2.75, 3.05) is 6.54 Å². The van der Waals surface area contributed by atoms with Gasteiger partial charge in [0.15, 0.2) is 0 Å². The third kappa shape index (κ3) is 3.01. The Balaban J connectivity index is 1.93. The second kappa shape index (κ2) is 5.87. The average molecular weight is 246 g/mol. The lowest BCUT2D eigenvalue weighted by Gasteiger charge is -2.10. The smallest absolute Gasteiger partial charge is 0.0492 e. The van der Waals surface area contributed by atoms with E-state index in [4.69, 9.17) is 0 Å². The Hall–Kier alpha value is -1.55. The molecule has 0 aliphatic rings. The number of hydrogen-bond donors (Lipinski definition) is 1. The number of rotatable bonds is 6. The van der Waals surface area contributed by atoms with E-state index in [1.807, 2.05) is 17.9 Å². The summed E-state index contributed by atoms with van der Waals surface area (Å²) in [6.07, 6.45) is 7.24. The lowest BCUT2D eigenvalue weighted by Crippen LogP contribution is -2.17. The summed E-state index contributed by atoms with van der Waals surface area (Å²) in [4.78, 5) is 0. The first-order chi connectivity index (χ1) is 8.70. The second-order valence-corrected chi connectivity index (χ2v) is 4.66. The van der Waals surface area contributed by atoms with Gasteiger partial charge in [-0.2, -0.15) is 5.10 Å². The predicted octanol–water partition coefficient (Wildman–Crippen LogP) is 2.13. The maximum absolute atomic E-state index is 4.18. The van der Waals surface area contributed by atoms with Crippen molar-refractivity contribution >= 4 is 0 Å². The van der Waals surface area contributed by atoms with Gasteiger partial charge >= 0.3 is 0 Å². The van der Waals surface area contributed by atoms with Crippen LogP contribution in [-0.2, 0) is 20.0 Å². The van der Waals surface area contributed by atoms with Crippen molar-refractivity contribution in [2.24, 2.45) is 7.05 Å². The van der Waals surface area contributed by atoms with Gasteiger partial charge in [0.2, 0.25) is 0 Å². The van der Waals surface area contributed by atoms with Gasteiger partial charge in [-0.3, -0.25) is 4.68 Å². The molecule has 98 valence electrons. The molecule has 0 amide bonds. The monoisotopic (exact) mass is 246 g/mol. The third-order valence-electron chi connectivity index (χ3n) is 3.33. The molecule has 1 N–H and O–H groups in total. The largest absolute Gasteiger partial charge is 0.354 e. The van der Waals surface area contributed by atoms with Crippen LogP contribution in [0.2, 0.25) is 0 Å². The minimum Gasteiger partial charge on any atom is -0.354 e. The van der Waals surface area contributed by atoms with Gasteiger partial charge in [0.05, 0.1) is 0 Å². The fourth-order valence-corrected chi connectivity index (χ4v) is 2.17. The zero-order valence-corrected chi connectivity index (χ0v) is 11.4. The molecule has 0 aliphatic carbocycles. The molecule has 4 heteroatoms. The summed E-state index contributed by atoms with van der Waals surface area (Å²) in [5.74, 6) is 0. The lowest BCUT2D eigenvalue weighted by atomic mass is 10.2. The van der Waals surface area contributed by atoms with Gasteiger partial charge in [-0.1, -0.05) is 6.92 Å². The Morgan fingerprint density at radius 2 is 2.22 bits per heavy atom. The number of nitrogens with one attached hydrogen (secondary N) is 1. The summed E-state index contributed by atoms with van der Waals surface area (Å²) in [7, 11) is 1.99. The van der Waals surface area contributed by atoms with E-state index in [1.54, 1.807) is 0 Å². The molecule has 0 fully saturated rings. The lowest BCUT2D eigenvalue weighted by molar-refractivity contribution is 0.592. The van der Waals surface area contributed by atoms with Crippen molar-refractivity contribution in [3.8, 4) is 0 Å². The van der Waals surface area contributed by atoms with E-state index in [0.717, 1.165) is 19.5 Å². The first-order valence-corrected chi connectivity index (χ1v) is 6.56. The molecule has 18 heavy (non-hydrogen) atoms. The summed E-state index contributed by atoms with van der Waals surface area (Å²) in [6, 6.07) is 4.69. The van der Waals surface area contributed by atoms with E-state index in [-0.39, 0.29) is 0 Å². The highest BCUT2D eigenvalue weighted by molar-refractivity contribution is 5.14. The fraction of sp³-hybridized carbons (Fsp3) is 0.500. The van der Waals surface area contributed by atoms with E-state index in [0.29, 0.717) is 6.04 Å². The van der Waals surface area contributed by atoms with Crippen LogP contribution in [0.15, 0.2) is 30.7 Å². The van der Waals surface area contributed by atoms with Crippen molar-refractivity contribution in [2.45, 2.75) is 32.9 Å². The van der Waals surface area contributed by atoms with Crippen LogP contribution in [0.4, 0.5) is 0 Å². The zero-order chi connectivity index (χ0) is 13.0. The fourth-order valence-electron chi connectivity index (χ4n) is 2.17. The van der Waals surface area contributed by atoms with E-state index in [9.17, 15) is 0 Å². The number of aromatic nitrogens is 3. The van der Waals surface area contributed by atoms with Crippen LogP contribution < -0.4 is 5.32 Å². The quantitative estimate of drug-likeness (QED) is 0.847. The first-order valence-electron chi connectivity index (χ1n) is 6.56. The molecule has 0 aromatic carbocycles. The number of aryl methyl sites for hydroxylation is 3. The van der Waals surface area contributed by atoms with Gasteiger partial charge in [-0.25, -0.2) is 0 Å². The Morgan fingerprint density at radius 3 is 2.89 bits per heavy atom. The topological polar surface area (TPSA) is 34.8 Å². The van der Waals surface area contributed by atoms with Crippen LogP contribution in [0, 0.1) is 0 Å². The first kappa shape index (κ1) is 12.9. The summed E-state index contributed by atoms with van der Waals surface area (Å²) in [6.45, 7) is 6.33. The number of nitrogens with zero attached hydrogens (tertiary/aromatic N) is 3. The second-order valence-electron chi connectivity index (χ2n) is 4.66. The molecule has 0 aliphatic heterocycles. The predicted molar refractivity (Wildman–Crippen MR) is 73.4 cm³/mol. The molecule has 0 spiro atoms. The standard InChI is InChI=1S/C14H22N4/c1-4-15-12(2)13-6-9-18(11-13)10-7-14-5-8-16-17(14)3/h5-6,8-9,11-12,15H,4,7,10H2,1-3H3. The molecule has 2 rings (SSSR count). The van der Waals surface area contributed by atoms with E-state index < -0.39 is 0 Å². The van der Waals surface area contributed by atoms with Gasteiger partial charge in [-0.05, 0) is 31.2 Å². The summed E-state index contributed by atoms with van der Waals surface area (Å²) >= 11 is 0. The molecule has 0 radical (unpaired) electrons. The van der Waals surface area contributed by atoms with Crippen molar-refractivity contribution in [3.05, 3.63) is 42.0 Å². The van der Waals surface area contributed by atoms with Gasteiger partial charge in [-0.15, -0.1) is 0 Å². The molecule has 2 aromatic heterocycles. The summed E-state index contributed by atoms with van der Waals surface area (Å²) in [5.41, 5.74) is 2.62. The van der Waals surface area contributed by atoms with Crippen molar-refractivity contribution in [1.29, 1.82) is 0 Å². The number of hydrogen-bond acceptors (Lipinski definition) is 2. The van der Waals surface area contributed by atoms with Crippen LogP contribution in [-0.4, -0.2) is 20.9 Å². The molecule has 2 aromatic rings. The highest BCUT2D eigenvalue weighted by Gasteiger charge is 2.05. The maximum atomic E-state index is 4.18. The Bertz CT molecular complexity index is 483. The Kier molecular flexibility index (Phi) is 4.20. The minimum atomic E-state index is 0.424. The van der Waals surface area contributed by atoms with Crippen molar-refractivity contribution in [3.63, 3.8) is 0 Å². The van der Waals surface area contributed by atoms with E-state index >= 15 is 0 Å². The zero-order valence-electron chi connectivity index (χ0n) is 11.4. The summed E-state index contributed by atoms with van der Waals surface area (Å²) in [5, 5.41) is 7.61. The van der Waals surface area contributed by atoms with E-state index in [2.05, 4.69) is 53.4 Å². The Morgan fingerprint density at radius 1 is 1.39 bits per heavy atom. The van der Waals surface area contributed by atoms with Gasteiger partial charge in [0, 0.05) is 50.3 Å². The SMILES string of the molecule is CCNC(C)c1ccn(CCc2ccnn2C)c1. The van der Waals surface area contributed by atoms with Crippen molar-refractivity contribution < 1.29 is 0 Å². The van der Waals surface area contributed by atoms with Crippen LogP contribution in [0.3, 0.4) is 0 Å². The molecule has 1 unspecified atom stereocenters. The Labute approximate surface area is 109 Å². The van der Waals surface area contributed by atoms with Gasteiger partial charge < -0.3 is 9.88 Å². The van der Waals surface area contributed by atoms with Gasteiger partial charge in [0.25, 0.3) is 0 Å². The van der Waals surface area contributed by atoms with Crippen LogP contribution >= 0.6 is 0 Å². The minimum absolute atomic E-state index is 0.424. The molecule has 2 heterocycles. The molecule has 0 saturated carbocycles. The molecule has 0 saturated heterocycles. The van der Waals surface area contributed by atoms with Crippen LogP contribution in [0.25, 0.3) is 0 Å². The summed E-state index contributed by atoms with van der Waals surface area (Å²) < 4.78 is 4.18. The molecular formula is C14H22N4. The highest BCUT2D eigenvalue weighted by atomic mass is 15.3. The van der Waals surface area contributed by atoms with E-state index in [1.165, 1.54) is 11.3 Å². The molecule has 1 atom stereocenters. The maximum Gasteiger partial charge on any atom is 0.0492 e. The van der Waals surface area contributed by atoms with Gasteiger partial charge in [0.1, 0.15) is 0 Å². The molecule has 0 bridgehead atoms. The average Bonchev–Trinajstić information content (AvgIpc) is 2.96. The molecule has 4 nitrogen and oxygen atoms in total. The van der Waals surface area contributed by atoms with Crippen LogP contribution in [0.5, 0.6) is 0 Å². The van der Waals surface area contributed by atoms with Crippen molar-refractivity contribution in [1.82, 2.24) is 19.7 Å². The van der Waals surface area contributed by atoms with Crippen LogP contribution in [0.1, 0.15) is 31.1 Å². The molecular weight excluding hydrogens is 224 g/mol.